The minimum Gasteiger partial charge on any atom is -0.473 e. The molecule has 2 aromatic rings. The predicted molar refractivity (Wildman–Crippen MR) is 58.8 cm³/mol. The van der Waals surface area contributed by atoms with Gasteiger partial charge in [-0.3, -0.25) is 0 Å². The zero-order chi connectivity index (χ0) is 8.23. The van der Waals surface area contributed by atoms with Crippen LogP contribution in [0.2, 0.25) is 0 Å². The third-order valence-electron chi connectivity index (χ3n) is 1.83. The molecule has 0 saturated carbocycles. The standard InChI is InChI=1S/C10H9BO.2H2O/c1-2-4-9(5-3-1)11-10-6-7-12-8-10;;/h1-8,11H;2*1H2. The smallest absolute Gasteiger partial charge is 0.196 e. The highest BCUT2D eigenvalue weighted by Crippen LogP contribution is 1.84. The van der Waals surface area contributed by atoms with Gasteiger partial charge in [0.15, 0.2) is 7.28 Å². The Bertz CT molecular complexity index is 332. The van der Waals surface area contributed by atoms with Gasteiger partial charge in [0.05, 0.1) is 12.5 Å². The zero-order valence-corrected chi connectivity index (χ0v) is 7.73. The van der Waals surface area contributed by atoms with E-state index in [1.807, 2.05) is 12.1 Å². The molecule has 4 heteroatoms. The molecule has 3 nitrogen and oxygen atoms in total. The van der Waals surface area contributed by atoms with Crippen LogP contribution in [0.3, 0.4) is 0 Å². The van der Waals surface area contributed by atoms with E-state index in [0.717, 1.165) is 7.28 Å². The molecule has 0 radical (unpaired) electrons. The van der Waals surface area contributed by atoms with E-state index >= 15 is 0 Å². The maximum absolute atomic E-state index is 4.99. The van der Waals surface area contributed by atoms with Crippen LogP contribution < -0.4 is 10.9 Å². The molecule has 0 unspecified atom stereocenters. The van der Waals surface area contributed by atoms with Crippen LogP contribution in [0.4, 0.5) is 0 Å². The van der Waals surface area contributed by atoms with Crippen LogP contribution >= 0.6 is 0 Å². The van der Waals surface area contributed by atoms with Crippen molar-refractivity contribution in [1.29, 1.82) is 0 Å². The molecule has 0 spiro atoms. The van der Waals surface area contributed by atoms with E-state index in [-0.39, 0.29) is 11.0 Å². The summed E-state index contributed by atoms with van der Waals surface area (Å²) in [6.45, 7) is 0. The minimum atomic E-state index is 0. The molecular weight excluding hydrogens is 179 g/mol. The molecule has 1 aromatic carbocycles. The average Bonchev–Trinajstić information content (AvgIpc) is 2.59. The molecule has 0 amide bonds. The Morgan fingerprint density at radius 2 is 1.57 bits per heavy atom. The van der Waals surface area contributed by atoms with E-state index in [4.69, 9.17) is 4.42 Å². The molecule has 0 atom stereocenters. The van der Waals surface area contributed by atoms with Crippen molar-refractivity contribution < 1.29 is 15.4 Å². The van der Waals surface area contributed by atoms with Crippen molar-refractivity contribution in [3.8, 4) is 0 Å². The molecule has 1 heterocycles. The van der Waals surface area contributed by atoms with Crippen molar-refractivity contribution in [2.45, 2.75) is 0 Å². The molecule has 0 aliphatic heterocycles. The van der Waals surface area contributed by atoms with Crippen molar-refractivity contribution in [1.82, 2.24) is 0 Å². The van der Waals surface area contributed by atoms with Crippen LogP contribution in [0, 0.1) is 0 Å². The Hall–Kier alpha value is -1.52. The first-order valence-corrected chi connectivity index (χ1v) is 4.00. The molecule has 0 fully saturated rings. The average molecular weight is 192 g/mol. The van der Waals surface area contributed by atoms with E-state index in [9.17, 15) is 0 Å². The predicted octanol–water partition coefficient (Wildman–Crippen LogP) is -0.982. The van der Waals surface area contributed by atoms with Crippen LogP contribution in [0.1, 0.15) is 0 Å². The highest BCUT2D eigenvalue weighted by molar-refractivity contribution is 6.67. The van der Waals surface area contributed by atoms with Gasteiger partial charge in [-0.15, -0.1) is 0 Å². The Labute approximate surface area is 83.2 Å². The van der Waals surface area contributed by atoms with Crippen molar-refractivity contribution in [2.75, 3.05) is 0 Å². The number of furan rings is 1. The highest BCUT2D eigenvalue weighted by Gasteiger charge is 1.97. The molecule has 0 aliphatic rings. The molecule has 74 valence electrons. The Morgan fingerprint density at radius 3 is 2.14 bits per heavy atom. The van der Waals surface area contributed by atoms with Crippen molar-refractivity contribution in [3.05, 3.63) is 48.9 Å². The first kappa shape index (κ1) is 12.5. The lowest BCUT2D eigenvalue weighted by Gasteiger charge is -1.93. The summed E-state index contributed by atoms with van der Waals surface area (Å²) < 4.78 is 4.99. The Kier molecular flexibility index (Phi) is 5.37. The maximum atomic E-state index is 4.99. The van der Waals surface area contributed by atoms with Crippen molar-refractivity contribution in [3.63, 3.8) is 0 Å². The van der Waals surface area contributed by atoms with Gasteiger partial charge in [0.1, 0.15) is 0 Å². The fourth-order valence-electron chi connectivity index (χ4n) is 1.22. The van der Waals surface area contributed by atoms with E-state index in [2.05, 4.69) is 24.3 Å². The largest absolute Gasteiger partial charge is 0.473 e. The van der Waals surface area contributed by atoms with Crippen LogP contribution in [-0.2, 0) is 0 Å². The second kappa shape index (κ2) is 6.02. The number of hydrogen-bond acceptors (Lipinski definition) is 1. The maximum Gasteiger partial charge on any atom is 0.196 e. The zero-order valence-electron chi connectivity index (χ0n) is 7.73. The molecule has 1 aromatic heterocycles. The fraction of sp³-hybridized carbons (Fsp3) is 0. The molecule has 2 rings (SSSR count). The van der Waals surface area contributed by atoms with Crippen molar-refractivity contribution >= 4 is 18.2 Å². The highest BCUT2D eigenvalue weighted by atomic mass is 16.3. The van der Waals surface area contributed by atoms with Crippen LogP contribution in [0.5, 0.6) is 0 Å². The van der Waals surface area contributed by atoms with E-state index in [1.54, 1.807) is 12.5 Å². The van der Waals surface area contributed by atoms with Gasteiger partial charge in [0, 0.05) is 0 Å². The fourth-order valence-corrected chi connectivity index (χ4v) is 1.22. The normalized spacial score (nSPS) is 8.29. The summed E-state index contributed by atoms with van der Waals surface area (Å²) in [5.41, 5.74) is 2.54. The Morgan fingerprint density at radius 1 is 0.857 bits per heavy atom. The van der Waals surface area contributed by atoms with Gasteiger partial charge < -0.3 is 15.4 Å². The van der Waals surface area contributed by atoms with Crippen molar-refractivity contribution in [2.24, 2.45) is 0 Å². The van der Waals surface area contributed by atoms with Gasteiger partial charge in [-0.1, -0.05) is 35.8 Å². The van der Waals surface area contributed by atoms with Crippen LogP contribution in [0.25, 0.3) is 0 Å². The van der Waals surface area contributed by atoms with Gasteiger partial charge in [-0.2, -0.15) is 0 Å². The first-order valence-electron chi connectivity index (χ1n) is 4.00. The van der Waals surface area contributed by atoms with Crippen LogP contribution in [-0.4, -0.2) is 18.2 Å². The van der Waals surface area contributed by atoms with Gasteiger partial charge >= 0.3 is 0 Å². The molecule has 0 aliphatic carbocycles. The van der Waals surface area contributed by atoms with Gasteiger partial charge in [0.25, 0.3) is 0 Å². The summed E-state index contributed by atoms with van der Waals surface area (Å²) in [5.74, 6) is 0. The van der Waals surface area contributed by atoms with E-state index in [1.165, 1.54) is 10.9 Å². The lowest BCUT2D eigenvalue weighted by molar-refractivity contribution is 0.569. The van der Waals surface area contributed by atoms with Gasteiger partial charge in [-0.05, 0) is 11.5 Å². The Balaban J connectivity index is 0.000000845. The minimum absolute atomic E-state index is 0. The third kappa shape index (κ3) is 3.09. The second-order valence-corrected chi connectivity index (χ2v) is 2.79. The molecule has 14 heavy (non-hydrogen) atoms. The molecular formula is C10H13BO3. The quantitative estimate of drug-likeness (QED) is 0.563. The monoisotopic (exact) mass is 192 g/mol. The molecule has 0 saturated heterocycles. The summed E-state index contributed by atoms with van der Waals surface area (Å²) in [6.07, 6.45) is 3.49. The van der Waals surface area contributed by atoms with Gasteiger partial charge in [0.2, 0.25) is 0 Å². The molecule has 0 bridgehead atoms. The third-order valence-corrected chi connectivity index (χ3v) is 1.83. The van der Waals surface area contributed by atoms with E-state index < -0.39 is 0 Å². The summed E-state index contributed by atoms with van der Waals surface area (Å²) in [5, 5.41) is 0. The first-order chi connectivity index (χ1) is 5.95. The lowest BCUT2D eigenvalue weighted by Crippen LogP contribution is -2.25. The summed E-state index contributed by atoms with van der Waals surface area (Å²) in [7, 11) is 0.956. The number of hydrogen-bond donors (Lipinski definition) is 0. The van der Waals surface area contributed by atoms with Crippen LogP contribution in [0.15, 0.2) is 53.3 Å². The summed E-state index contributed by atoms with van der Waals surface area (Å²) in [6, 6.07) is 12.4. The second-order valence-electron chi connectivity index (χ2n) is 2.79. The van der Waals surface area contributed by atoms with Gasteiger partial charge in [-0.25, -0.2) is 0 Å². The van der Waals surface area contributed by atoms with E-state index in [0.29, 0.717) is 0 Å². The molecule has 4 N–H and O–H groups in total. The SMILES string of the molecule is B(c1ccccc1)c1ccoc1.O.O. The number of rotatable bonds is 2. The summed E-state index contributed by atoms with van der Waals surface area (Å²) >= 11 is 0. The topological polar surface area (TPSA) is 76.1 Å². The summed E-state index contributed by atoms with van der Waals surface area (Å²) in [4.78, 5) is 0. The number of benzene rings is 1. The lowest BCUT2D eigenvalue weighted by atomic mass is 9.65.